The van der Waals surface area contributed by atoms with Gasteiger partial charge in [-0.15, -0.1) is 11.3 Å². The normalized spacial score (nSPS) is 20.5. The molecule has 1 aliphatic heterocycles. The summed E-state index contributed by atoms with van der Waals surface area (Å²) in [5.41, 5.74) is 1.57. The molecule has 0 bridgehead atoms. The number of aliphatic carboxylic acids is 1. The van der Waals surface area contributed by atoms with Gasteiger partial charge in [0.15, 0.2) is 0 Å². The third kappa shape index (κ3) is 1.85. The van der Waals surface area contributed by atoms with Crippen LogP contribution in [0.3, 0.4) is 0 Å². The maximum atomic E-state index is 11.9. The van der Waals surface area contributed by atoms with Crippen LogP contribution in [0.5, 0.6) is 0 Å². The summed E-state index contributed by atoms with van der Waals surface area (Å²) in [5, 5.41) is 8.92. The minimum atomic E-state index is -0.926. The Bertz CT molecular complexity index is 377. The number of nitrogens with zero attached hydrogens (tertiary/aromatic N) is 2. The van der Waals surface area contributed by atoms with Crippen molar-refractivity contribution in [3.05, 3.63) is 16.6 Å². The molecule has 0 saturated carbocycles. The van der Waals surface area contributed by atoms with E-state index in [2.05, 4.69) is 4.98 Å². The predicted molar refractivity (Wildman–Crippen MR) is 53.8 cm³/mol. The lowest BCUT2D eigenvalue weighted by Crippen LogP contribution is -2.40. The van der Waals surface area contributed by atoms with Crippen molar-refractivity contribution in [3.8, 4) is 0 Å². The number of carbonyl (C=O) groups is 2. The van der Waals surface area contributed by atoms with Gasteiger partial charge in [-0.2, -0.15) is 0 Å². The number of hydrogen-bond acceptors (Lipinski definition) is 4. The van der Waals surface area contributed by atoms with Crippen molar-refractivity contribution in [1.82, 2.24) is 9.88 Å². The minimum Gasteiger partial charge on any atom is -0.480 e. The second-order valence-corrected chi connectivity index (χ2v) is 4.25. The van der Waals surface area contributed by atoms with Gasteiger partial charge in [-0.25, -0.2) is 4.79 Å². The highest BCUT2D eigenvalue weighted by Gasteiger charge is 2.34. The second-order valence-electron chi connectivity index (χ2n) is 3.36. The molecule has 2 heterocycles. The summed E-state index contributed by atoms with van der Waals surface area (Å²) < 4.78 is 0. The van der Waals surface area contributed by atoms with Crippen LogP contribution in [-0.4, -0.2) is 39.5 Å². The lowest BCUT2D eigenvalue weighted by atomic mass is 10.2. The Labute approximate surface area is 90.4 Å². The van der Waals surface area contributed by atoms with E-state index < -0.39 is 12.0 Å². The lowest BCUT2D eigenvalue weighted by molar-refractivity contribution is -0.141. The molecule has 1 saturated heterocycles. The van der Waals surface area contributed by atoms with Crippen LogP contribution in [0, 0.1) is 0 Å². The van der Waals surface area contributed by atoms with Crippen molar-refractivity contribution in [2.24, 2.45) is 0 Å². The fourth-order valence-corrected chi connectivity index (χ4v) is 2.30. The molecule has 1 aromatic rings. The van der Waals surface area contributed by atoms with Gasteiger partial charge in [0, 0.05) is 6.54 Å². The minimum absolute atomic E-state index is 0.220. The fourth-order valence-electron chi connectivity index (χ4n) is 1.73. The summed E-state index contributed by atoms with van der Waals surface area (Å²) in [6, 6.07) is -0.667. The number of thiazole rings is 1. The summed E-state index contributed by atoms with van der Waals surface area (Å²) >= 11 is 1.24. The summed E-state index contributed by atoms with van der Waals surface area (Å²) in [7, 11) is 0. The third-order valence-electron chi connectivity index (χ3n) is 2.44. The molecule has 6 heteroatoms. The van der Waals surface area contributed by atoms with Crippen LogP contribution in [0.2, 0.25) is 0 Å². The van der Waals surface area contributed by atoms with Crippen molar-refractivity contribution >= 4 is 23.2 Å². The first kappa shape index (κ1) is 10.1. The van der Waals surface area contributed by atoms with Gasteiger partial charge in [-0.1, -0.05) is 0 Å². The number of likely N-dealkylation sites (tertiary alicyclic amines) is 1. The largest absolute Gasteiger partial charge is 0.480 e. The van der Waals surface area contributed by atoms with Crippen molar-refractivity contribution < 1.29 is 14.7 Å². The molecule has 0 aliphatic carbocycles. The zero-order chi connectivity index (χ0) is 10.8. The molecular formula is C9H10N2O3S. The second kappa shape index (κ2) is 3.98. The Hall–Kier alpha value is -1.43. The molecule has 0 radical (unpaired) electrons. The Morgan fingerprint density at radius 3 is 3.00 bits per heavy atom. The van der Waals surface area contributed by atoms with Crippen LogP contribution in [0.4, 0.5) is 0 Å². The SMILES string of the molecule is O=C(O)[C@@H]1CCCN1C(=O)c1cncs1. The van der Waals surface area contributed by atoms with Gasteiger partial charge in [0.1, 0.15) is 10.9 Å². The van der Waals surface area contributed by atoms with Crippen LogP contribution < -0.4 is 0 Å². The Morgan fingerprint density at radius 1 is 1.60 bits per heavy atom. The number of rotatable bonds is 2. The average Bonchev–Trinajstić information content (AvgIpc) is 2.88. The van der Waals surface area contributed by atoms with Crippen LogP contribution >= 0.6 is 11.3 Å². The first-order chi connectivity index (χ1) is 7.20. The molecule has 1 aromatic heterocycles. The number of carboxylic acids is 1. The van der Waals surface area contributed by atoms with E-state index in [1.807, 2.05) is 0 Å². The van der Waals surface area contributed by atoms with Crippen LogP contribution in [0.15, 0.2) is 11.7 Å². The van der Waals surface area contributed by atoms with Crippen molar-refractivity contribution in [3.63, 3.8) is 0 Å². The van der Waals surface area contributed by atoms with Crippen LogP contribution in [0.25, 0.3) is 0 Å². The highest BCUT2D eigenvalue weighted by atomic mass is 32.1. The zero-order valence-corrected chi connectivity index (χ0v) is 8.74. The Balaban J connectivity index is 2.17. The Morgan fingerprint density at radius 2 is 2.40 bits per heavy atom. The molecule has 5 nitrogen and oxygen atoms in total. The number of carbonyl (C=O) groups excluding carboxylic acids is 1. The zero-order valence-electron chi connectivity index (χ0n) is 7.92. The molecule has 0 aromatic carbocycles. The highest BCUT2D eigenvalue weighted by Crippen LogP contribution is 2.21. The van der Waals surface area contributed by atoms with E-state index in [0.717, 1.165) is 6.42 Å². The molecular weight excluding hydrogens is 216 g/mol. The number of amides is 1. The van der Waals surface area contributed by atoms with Crippen molar-refractivity contribution in [2.45, 2.75) is 18.9 Å². The Kier molecular flexibility index (Phi) is 2.68. The molecule has 80 valence electrons. The molecule has 1 atom stereocenters. The van der Waals surface area contributed by atoms with E-state index in [4.69, 9.17) is 5.11 Å². The van der Waals surface area contributed by atoms with E-state index in [-0.39, 0.29) is 5.91 Å². The van der Waals surface area contributed by atoms with E-state index in [1.54, 1.807) is 5.51 Å². The van der Waals surface area contributed by atoms with Crippen molar-refractivity contribution in [1.29, 1.82) is 0 Å². The molecule has 0 unspecified atom stereocenters. The van der Waals surface area contributed by atoms with Gasteiger partial charge in [0.2, 0.25) is 0 Å². The summed E-state index contributed by atoms with van der Waals surface area (Å²) in [5.74, 6) is -1.15. The maximum absolute atomic E-state index is 11.9. The molecule has 1 fully saturated rings. The van der Waals surface area contributed by atoms with Gasteiger partial charge in [-0.05, 0) is 12.8 Å². The van der Waals surface area contributed by atoms with Crippen LogP contribution in [0.1, 0.15) is 22.5 Å². The first-order valence-corrected chi connectivity index (χ1v) is 5.50. The van der Waals surface area contributed by atoms with Gasteiger partial charge in [0.25, 0.3) is 5.91 Å². The van der Waals surface area contributed by atoms with E-state index in [1.165, 1.54) is 22.4 Å². The average molecular weight is 226 g/mol. The molecule has 1 amide bonds. The summed E-state index contributed by atoms with van der Waals surface area (Å²) in [6.07, 6.45) is 2.77. The lowest BCUT2D eigenvalue weighted by Gasteiger charge is -2.20. The van der Waals surface area contributed by atoms with E-state index in [9.17, 15) is 9.59 Å². The molecule has 2 rings (SSSR count). The summed E-state index contributed by atoms with van der Waals surface area (Å²) in [4.78, 5) is 28.5. The third-order valence-corrected chi connectivity index (χ3v) is 3.20. The standard InChI is InChI=1S/C9H10N2O3S/c12-8(7-4-10-5-15-7)11-3-1-2-6(11)9(13)14/h4-6H,1-3H2,(H,13,14)/t6-/m0/s1. The molecule has 15 heavy (non-hydrogen) atoms. The number of aromatic nitrogens is 1. The smallest absolute Gasteiger partial charge is 0.326 e. The number of carboxylic acid groups (broad SMARTS) is 1. The fraction of sp³-hybridized carbons (Fsp3) is 0.444. The summed E-state index contributed by atoms with van der Waals surface area (Å²) in [6.45, 7) is 0.522. The molecule has 1 aliphatic rings. The quantitative estimate of drug-likeness (QED) is 0.811. The first-order valence-electron chi connectivity index (χ1n) is 4.62. The topological polar surface area (TPSA) is 70.5 Å². The highest BCUT2D eigenvalue weighted by molar-refractivity contribution is 7.11. The van der Waals surface area contributed by atoms with E-state index >= 15 is 0 Å². The van der Waals surface area contributed by atoms with Crippen molar-refractivity contribution in [2.75, 3.05) is 6.54 Å². The molecule has 0 spiro atoms. The predicted octanol–water partition coefficient (Wildman–Crippen LogP) is 0.832. The maximum Gasteiger partial charge on any atom is 0.326 e. The number of hydrogen-bond donors (Lipinski definition) is 1. The van der Waals surface area contributed by atoms with Gasteiger partial charge >= 0.3 is 5.97 Å². The molecule has 1 N–H and O–H groups in total. The monoisotopic (exact) mass is 226 g/mol. The van der Waals surface area contributed by atoms with Gasteiger partial charge in [-0.3, -0.25) is 9.78 Å². The van der Waals surface area contributed by atoms with Gasteiger partial charge in [0.05, 0.1) is 11.7 Å². The van der Waals surface area contributed by atoms with Gasteiger partial charge < -0.3 is 10.0 Å². The van der Waals surface area contributed by atoms with E-state index in [0.29, 0.717) is 17.8 Å². The van der Waals surface area contributed by atoms with Crippen LogP contribution in [-0.2, 0) is 4.79 Å².